The fourth-order valence-corrected chi connectivity index (χ4v) is 2.76. The minimum atomic E-state index is 0.0418. The van der Waals surface area contributed by atoms with E-state index in [2.05, 4.69) is 20.8 Å². The van der Waals surface area contributed by atoms with Crippen molar-refractivity contribution in [3.05, 3.63) is 34.3 Å². The van der Waals surface area contributed by atoms with E-state index in [-0.39, 0.29) is 12.0 Å². The molecule has 1 aromatic rings. The number of carbonyl (C=O) groups excluding carboxylic acids is 1. The van der Waals surface area contributed by atoms with Gasteiger partial charge in [0, 0.05) is 37.7 Å². The second-order valence-corrected chi connectivity index (χ2v) is 6.16. The zero-order valence-electron chi connectivity index (χ0n) is 12.3. The van der Waals surface area contributed by atoms with Gasteiger partial charge in [-0.15, -0.1) is 0 Å². The maximum Gasteiger partial charge on any atom is 0.236 e. The van der Waals surface area contributed by atoms with Gasteiger partial charge in [-0.3, -0.25) is 9.69 Å². The van der Waals surface area contributed by atoms with E-state index in [1.54, 1.807) is 4.90 Å². The van der Waals surface area contributed by atoms with E-state index in [1.165, 1.54) is 0 Å². The molecule has 0 bridgehead atoms. The number of morpholine rings is 1. The molecule has 1 unspecified atom stereocenters. The van der Waals surface area contributed by atoms with Crippen molar-refractivity contribution in [2.24, 2.45) is 5.73 Å². The van der Waals surface area contributed by atoms with Gasteiger partial charge in [-0.25, -0.2) is 0 Å². The lowest BCUT2D eigenvalue weighted by Crippen LogP contribution is -2.49. The van der Waals surface area contributed by atoms with Crippen LogP contribution in [0.5, 0.6) is 0 Å². The Morgan fingerprint density at radius 1 is 1.52 bits per heavy atom. The van der Waals surface area contributed by atoms with E-state index in [1.807, 2.05) is 31.3 Å². The summed E-state index contributed by atoms with van der Waals surface area (Å²) in [7, 11) is 1.84. The third kappa shape index (κ3) is 4.78. The first kappa shape index (κ1) is 16.4. The van der Waals surface area contributed by atoms with Gasteiger partial charge < -0.3 is 15.4 Å². The highest BCUT2D eigenvalue weighted by Crippen LogP contribution is 2.17. The number of rotatable bonds is 5. The summed E-state index contributed by atoms with van der Waals surface area (Å²) in [6.07, 6.45) is 0.0418. The van der Waals surface area contributed by atoms with Crippen molar-refractivity contribution in [3.8, 4) is 0 Å². The number of amides is 1. The van der Waals surface area contributed by atoms with Gasteiger partial charge in [0.25, 0.3) is 0 Å². The van der Waals surface area contributed by atoms with Crippen LogP contribution in [0.25, 0.3) is 0 Å². The zero-order chi connectivity index (χ0) is 15.2. The molecule has 1 atom stereocenters. The maximum absolute atomic E-state index is 12.3. The highest BCUT2D eigenvalue weighted by atomic mass is 79.9. The van der Waals surface area contributed by atoms with E-state index in [4.69, 9.17) is 10.5 Å². The fraction of sp³-hybridized carbons (Fsp3) is 0.533. The van der Waals surface area contributed by atoms with Gasteiger partial charge in [0.05, 0.1) is 19.3 Å². The van der Waals surface area contributed by atoms with E-state index in [0.717, 1.165) is 23.1 Å². The molecule has 1 saturated heterocycles. The standard InChI is InChI=1S/C15H22BrN3O2/c1-18(9-12-4-2-3-5-14(12)16)15(20)11-19-6-7-21-13(8-17)10-19/h2-5,13H,6-11,17H2,1H3. The molecule has 0 saturated carbocycles. The lowest BCUT2D eigenvalue weighted by molar-refractivity contribution is -0.133. The average molecular weight is 356 g/mol. The Balaban J connectivity index is 1.86. The number of hydrogen-bond donors (Lipinski definition) is 1. The molecule has 6 heteroatoms. The molecule has 0 radical (unpaired) electrons. The number of nitrogens with two attached hydrogens (primary N) is 1. The molecule has 2 N–H and O–H groups in total. The second kappa shape index (κ2) is 7.89. The molecule has 0 spiro atoms. The molecule has 1 aliphatic heterocycles. The lowest BCUT2D eigenvalue weighted by atomic mass is 10.2. The minimum Gasteiger partial charge on any atom is -0.374 e. The molecule has 0 aromatic heterocycles. The zero-order valence-corrected chi connectivity index (χ0v) is 13.9. The molecule has 1 amide bonds. The van der Waals surface area contributed by atoms with E-state index in [9.17, 15) is 4.79 Å². The third-order valence-electron chi connectivity index (χ3n) is 3.64. The minimum absolute atomic E-state index is 0.0418. The number of halogens is 1. The summed E-state index contributed by atoms with van der Waals surface area (Å²) in [6, 6.07) is 7.96. The molecule has 1 aromatic carbocycles. The van der Waals surface area contributed by atoms with Crippen LogP contribution in [0.15, 0.2) is 28.7 Å². The number of likely N-dealkylation sites (N-methyl/N-ethyl adjacent to an activating group) is 1. The Morgan fingerprint density at radius 3 is 3.00 bits per heavy atom. The van der Waals surface area contributed by atoms with Gasteiger partial charge in [-0.05, 0) is 11.6 Å². The van der Waals surface area contributed by atoms with E-state index < -0.39 is 0 Å². The van der Waals surface area contributed by atoms with Crippen molar-refractivity contribution in [2.75, 3.05) is 39.8 Å². The molecular formula is C15H22BrN3O2. The normalized spacial score (nSPS) is 19.5. The molecular weight excluding hydrogens is 334 g/mol. The Kier molecular flexibility index (Phi) is 6.17. The van der Waals surface area contributed by atoms with Gasteiger partial charge in [0.15, 0.2) is 0 Å². The quantitative estimate of drug-likeness (QED) is 0.858. The van der Waals surface area contributed by atoms with Crippen LogP contribution in [0.3, 0.4) is 0 Å². The van der Waals surface area contributed by atoms with Crippen LogP contribution >= 0.6 is 15.9 Å². The average Bonchev–Trinajstić information content (AvgIpc) is 2.49. The molecule has 1 heterocycles. The van der Waals surface area contributed by atoms with Gasteiger partial charge in [0.2, 0.25) is 5.91 Å². The van der Waals surface area contributed by atoms with Crippen LogP contribution in [0.1, 0.15) is 5.56 Å². The molecule has 1 fully saturated rings. The summed E-state index contributed by atoms with van der Waals surface area (Å²) in [5, 5.41) is 0. The summed E-state index contributed by atoms with van der Waals surface area (Å²) < 4.78 is 6.54. The van der Waals surface area contributed by atoms with Crippen LogP contribution < -0.4 is 5.73 Å². The molecule has 1 aliphatic rings. The second-order valence-electron chi connectivity index (χ2n) is 5.30. The number of ether oxygens (including phenoxy) is 1. The Hall–Kier alpha value is -0.950. The lowest BCUT2D eigenvalue weighted by Gasteiger charge is -2.32. The smallest absolute Gasteiger partial charge is 0.236 e. The summed E-state index contributed by atoms with van der Waals surface area (Å²) in [4.78, 5) is 16.2. The number of nitrogens with zero attached hydrogens (tertiary/aromatic N) is 2. The van der Waals surface area contributed by atoms with Crippen LogP contribution in [0.4, 0.5) is 0 Å². The summed E-state index contributed by atoms with van der Waals surface area (Å²) in [5.41, 5.74) is 6.73. The summed E-state index contributed by atoms with van der Waals surface area (Å²) in [6.45, 7) is 3.67. The number of benzene rings is 1. The first-order chi connectivity index (χ1) is 10.1. The maximum atomic E-state index is 12.3. The van der Waals surface area contributed by atoms with E-state index in [0.29, 0.717) is 26.2 Å². The molecule has 21 heavy (non-hydrogen) atoms. The van der Waals surface area contributed by atoms with Crippen LogP contribution in [0.2, 0.25) is 0 Å². The van der Waals surface area contributed by atoms with Gasteiger partial charge >= 0.3 is 0 Å². The first-order valence-electron chi connectivity index (χ1n) is 7.11. The molecule has 5 nitrogen and oxygen atoms in total. The monoisotopic (exact) mass is 355 g/mol. The Bertz CT molecular complexity index is 484. The van der Waals surface area contributed by atoms with Gasteiger partial charge in [0.1, 0.15) is 0 Å². The summed E-state index contributed by atoms with van der Waals surface area (Å²) >= 11 is 3.51. The van der Waals surface area contributed by atoms with Crippen molar-refractivity contribution in [1.82, 2.24) is 9.80 Å². The number of hydrogen-bond acceptors (Lipinski definition) is 4. The highest BCUT2D eigenvalue weighted by Gasteiger charge is 2.22. The fourth-order valence-electron chi connectivity index (χ4n) is 2.35. The van der Waals surface area contributed by atoms with Crippen molar-refractivity contribution in [2.45, 2.75) is 12.6 Å². The van der Waals surface area contributed by atoms with Gasteiger partial charge in [-0.2, -0.15) is 0 Å². The van der Waals surface area contributed by atoms with E-state index >= 15 is 0 Å². The molecule has 2 rings (SSSR count). The SMILES string of the molecule is CN(Cc1ccccc1Br)C(=O)CN1CCOC(CN)C1. The Labute approximate surface area is 134 Å². The van der Waals surface area contributed by atoms with Crippen molar-refractivity contribution >= 4 is 21.8 Å². The van der Waals surface area contributed by atoms with Crippen LogP contribution in [0, 0.1) is 0 Å². The molecule has 0 aliphatic carbocycles. The van der Waals surface area contributed by atoms with Crippen LogP contribution in [-0.4, -0.2) is 61.6 Å². The number of carbonyl (C=O) groups is 1. The molecule has 116 valence electrons. The van der Waals surface area contributed by atoms with Crippen molar-refractivity contribution in [3.63, 3.8) is 0 Å². The first-order valence-corrected chi connectivity index (χ1v) is 7.91. The summed E-state index contributed by atoms with van der Waals surface area (Å²) in [5.74, 6) is 0.114. The van der Waals surface area contributed by atoms with Crippen LogP contribution in [-0.2, 0) is 16.1 Å². The topological polar surface area (TPSA) is 58.8 Å². The van der Waals surface area contributed by atoms with Gasteiger partial charge in [-0.1, -0.05) is 34.1 Å². The highest BCUT2D eigenvalue weighted by molar-refractivity contribution is 9.10. The predicted molar refractivity (Wildman–Crippen MR) is 85.9 cm³/mol. The predicted octanol–water partition coefficient (Wildman–Crippen LogP) is 1.07. The van der Waals surface area contributed by atoms with Crippen molar-refractivity contribution in [1.29, 1.82) is 0 Å². The largest absolute Gasteiger partial charge is 0.374 e. The third-order valence-corrected chi connectivity index (χ3v) is 4.41. The Morgan fingerprint density at radius 2 is 2.29 bits per heavy atom. The van der Waals surface area contributed by atoms with Crippen molar-refractivity contribution < 1.29 is 9.53 Å².